The summed E-state index contributed by atoms with van der Waals surface area (Å²) in [4.78, 5) is 0. The van der Waals surface area contributed by atoms with Crippen molar-refractivity contribution in [2.75, 3.05) is 0 Å². The first-order valence-electron chi connectivity index (χ1n) is 5.71. The Kier molecular flexibility index (Phi) is 3.20. The number of hydrogen-bond donors (Lipinski definition) is 1. The van der Waals surface area contributed by atoms with Crippen LogP contribution in [0, 0.1) is 5.41 Å². The maximum atomic E-state index is 6.04. The van der Waals surface area contributed by atoms with Gasteiger partial charge >= 0.3 is 0 Å². The van der Waals surface area contributed by atoms with Gasteiger partial charge in [0, 0.05) is 11.5 Å². The van der Waals surface area contributed by atoms with Crippen molar-refractivity contribution in [1.82, 2.24) is 0 Å². The summed E-state index contributed by atoms with van der Waals surface area (Å²) in [6, 6.07) is 9.65. The lowest BCUT2D eigenvalue weighted by atomic mass is 9.81. The lowest BCUT2D eigenvalue weighted by Gasteiger charge is -2.28. The number of azo groups is 1. The smallest absolute Gasteiger partial charge is 0.0857 e. The standard InChI is InChI=1S/C14H17N3/c1-14(2)9-8-12(10-13(14)15)17-16-11-6-4-3-5-7-11/h3-10,13H,15H2,1-2H3. The minimum atomic E-state index is -0.0165. The van der Waals surface area contributed by atoms with E-state index >= 15 is 0 Å². The zero-order chi connectivity index (χ0) is 12.3. The third kappa shape index (κ3) is 2.88. The molecule has 1 atom stereocenters. The highest BCUT2D eigenvalue weighted by atomic mass is 15.1. The fourth-order valence-electron chi connectivity index (χ4n) is 1.54. The van der Waals surface area contributed by atoms with E-state index in [0.29, 0.717) is 0 Å². The number of nitrogens with zero attached hydrogens (tertiary/aromatic N) is 2. The molecule has 2 rings (SSSR count). The summed E-state index contributed by atoms with van der Waals surface area (Å²) in [7, 11) is 0. The van der Waals surface area contributed by atoms with Gasteiger partial charge in [-0.05, 0) is 24.3 Å². The van der Waals surface area contributed by atoms with Gasteiger partial charge < -0.3 is 5.73 Å². The van der Waals surface area contributed by atoms with Crippen LogP contribution in [0.25, 0.3) is 0 Å². The quantitative estimate of drug-likeness (QED) is 0.771. The van der Waals surface area contributed by atoms with Gasteiger partial charge in [-0.3, -0.25) is 0 Å². The van der Waals surface area contributed by atoms with E-state index in [9.17, 15) is 0 Å². The van der Waals surface area contributed by atoms with Gasteiger partial charge in [0.25, 0.3) is 0 Å². The molecule has 0 heterocycles. The molecule has 1 aliphatic carbocycles. The number of rotatable bonds is 2. The van der Waals surface area contributed by atoms with E-state index in [4.69, 9.17) is 5.73 Å². The maximum absolute atomic E-state index is 6.04. The Morgan fingerprint density at radius 2 is 1.82 bits per heavy atom. The molecule has 17 heavy (non-hydrogen) atoms. The minimum absolute atomic E-state index is 0.00817. The second-order valence-corrected chi connectivity index (χ2v) is 4.81. The van der Waals surface area contributed by atoms with Gasteiger partial charge in [-0.1, -0.05) is 38.1 Å². The van der Waals surface area contributed by atoms with Crippen LogP contribution in [-0.4, -0.2) is 6.04 Å². The molecule has 2 N–H and O–H groups in total. The van der Waals surface area contributed by atoms with E-state index < -0.39 is 0 Å². The van der Waals surface area contributed by atoms with Gasteiger partial charge in [-0.15, -0.1) is 0 Å². The molecule has 0 bridgehead atoms. The molecule has 0 spiro atoms. The Balaban J connectivity index is 2.12. The highest BCUT2D eigenvalue weighted by Crippen LogP contribution is 2.28. The third-order valence-corrected chi connectivity index (χ3v) is 2.93. The second-order valence-electron chi connectivity index (χ2n) is 4.81. The highest BCUT2D eigenvalue weighted by molar-refractivity contribution is 5.36. The predicted octanol–water partition coefficient (Wildman–Crippen LogP) is 3.58. The molecule has 3 heteroatoms. The number of benzene rings is 1. The zero-order valence-corrected chi connectivity index (χ0v) is 10.2. The lowest BCUT2D eigenvalue weighted by molar-refractivity contribution is 0.417. The third-order valence-electron chi connectivity index (χ3n) is 2.93. The van der Waals surface area contributed by atoms with Crippen molar-refractivity contribution < 1.29 is 0 Å². The largest absolute Gasteiger partial charge is 0.324 e. The van der Waals surface area contributed by atoms with Crippen molar-refractivity contribution in [2.24, 2.45) is 21.4 Å². The van der Waals surface area contributed by atoms with Crippen LogP contribution >= 0.6 is 0 Å². The fourth-order valence-corrected chi connectivity index (χ4v) is 1.54. The molecule has 0 aromatic heterocycles. The molecule has 1 aromatic rings. The van der Waals surface area contributed by atoms with Gasteiger partial charge in [-0.25, -0.2) is 0 Å². The van der Waals surface area contributed by atoms with Crippen LogP contribution in [0.15, 0.2) is 64.5 Å². The normalized spacial score (nSPS) is 22.8. The summed E-state index contributed by atoms with van der Waals surface area (Å²) >= 11 is 0. The molecule has 0 saturated heterocycles. The van der Waals surface area contributed by atoms with Crippen LogP contribution in [0.2, 0.25) is 0 Å². The molecule has 0 radical (unpaired) electrons. The van der Waals surface area contributed by atoms with Gasteiger partial charge in [0.2, 0.25) is 0 Å². The number of hydrogen-bond acceptors (Lipinski definition) is 3. The van der Waals surface area contributed by atoms with Crippen LogP contribution in [-0.2, 0) is 0 Å². The Morgan fingerprint density at radius 3 is 2.47 bits per heavy atom. The van der Waals surface area contributed by atoms with Crippen molar-refractivity contribution in [3.05, 3.63) is 54.3 Å². The highest BCUT2D eigenvalue weighted by Gasteiger charge is 2.24. The van der Waals surface area contributed by atoms with Crippen LogP contribution in [0.1, 0.15) is 13.8 Å². The fraction of sp³-hybridized carbons (Fsp3) is 0.286. The van der Waals surface area contributed by atoms with Crippen molar-refractivity contribution in [2.45, 2.75) is 19.9 Å². The summed E-state index contributed by atoms with van der Waals surface area (Å²) in [5.74, 6) is 0. The molecule has 0 aliphatic heterocycles. The van der Waals surface area contributed by atoms with E-state index in [1.807, 2.05) is 42.5 Å². The maximum Gasteiger partial charge on any atom is 0.0857 e. The summed E-state index contributed by atoms with van der Waals surface area (Å²) in [5.41, 5.74) is 7.70. The second kappa shape index (κ2) is 4.63. The van der Waals surface area contributed by atoms with Gasteiger partial charge in [0.05, 0.1) is 11.4 Å². The average molecular weight is 227 g/mol. The van der Waals surface area contributed by atoms with Gasteiger partial charge in [0.15, 0.2) is 0 Å². The van der Waals surface area contributed by atoms with Crippen molar-refractivity contribution in [3.8, 4) is 0 Å². The Hall–Kier alpha value is -1.74. The molecule has 3 nitrogen and oxygen atoms in total. The first kappa shape index (κ1) is 11.7. The van der Waals surface area contributed by atoms with Gasteiger partial charge in [-0.2, -0.15) is 10.2 Å². The molecular weight excluding hydrogens is 210 g/mol. The van der Waals surface area contributed by atoms with Crippen molar-refractivity contribution in [3.63, 3.8) is 0 Å². The first-order valence-corrected chi connectivity index (χ1v) is 5.71. The van der Waals surface area contributed by atoms with Crippen molar-refractivity contribution >= 4 is 5.69 Å². The van der Waals surface area contributed by atoms with Crippen LogP contribution < -0.4 is 5.73 Å². The number of nitrogens with two attached hydrogens (primary N) is 1. The molecule has 0 saturated carbocycles. The molecule has 1 unspecified atom stereocenters. The van der Waals surface area contributed by atoms with E-state index in [1.54, 1.807) is 0 Å². The lowest BCUT2D eigenvalue weighted by Crippen LogP contribution is -2.35. The Bertz CT molecular complexity index is 470. The minimum Gasteiger partial charge on any atom is -0.324 e. The molecule has 0 amide bonds. The Labute approximate surface area is 102 Å². The zero-order valence-electron chi connectivity index (χ0n) is 10.2. The molecule has 1 aliphatic rings. The Morgan fingerprint density at radius 1 is 1.12 bits per heavy atom. The van der Waals surface area contributed by atoms with E-state index in [1.165, 1.54) is 0 Å². The molecule has 88 valence electrons. The monoisotopic (exact) mass is 227 g/mol. The molecule has 1 aromatic carbocycles. The molecule has 0 fully saturated rings. The van der Waals surface area contributed by atoms with Crippen LogP contribution in [0.5, 0.6) is 0 Å². The van der Waals surface area contributed by atoms with E-state index in [0.717, 1.165) is 11.4 Å². The van der Waals surface area contributed by atoms with E-state index in [2.05, 4.69) is 30.2 Å². The van der Waals surface area contributed by atoms with E-state index in [-0.39, 0.29) is 11.5 Å². The molecular formula is C14H17N3. The summed E-state index contributed by atoms with van der Waals surface area (Å²) in [6.07, 6.45) is 6.00. The topological polar surface area (TPSA) is 50.7 Å². The van der Waals surface area contributed by atoms with Crippen LogP contribution in [0.3, 0.4) is 0 Å². The summed E-state index contributed by atoms with van der Waals surface area (Å²) in [6.45, 7) is 4.21. The first-order chi connectivity index (χ1) is 8.08. The van der Waals surface area contributed by atoms with Crippen LogP contribution in [0.4, 0.5) is 5.69 Å². The summed E-state index contributed by atoms with van der Waals surface area (Å²) < 4.78 is 0. The SMILES string of the molecule is CC1(C)C=CC(N=Nc2ccccc2)=CC1N. The average Bonchev–Trinajstić information content (AvgIpc) is 2.32. The number of allylic oxidation sites excluding steroid dienone is 1. The van der Waals surface area contributed by atoms with Gasteiger partial charge in [0.1, 0.15) is 0 Å². The predicted molar refractivity (Wildman–Crippen MR) is 69.9 cm³/mol. The van der Waals surface area contributed by atoms with Crippen molar-refractivity contribution in [1.29, 1.82) is 0 Å². The summed E-state index contributed by atoms with van der Waals surface area (Å²) in [5, 5.41) is 8.35.